The van der Waals surface area contributed by atoms with E-state index in [1.807, 2.05) is 79.5 Å². The Hall–Kier alpha value is -2.45. The Morgan fingerprint density at radius 2 is 1.62 bits per heavy atom. The molecule has 0 spiro atoms. The predicted molar refractivity (Wildman–Crippen MR) is 132 cm³/mol. The van der Waals surface area contributed by atoms with Crippen molar-refractivity contribution < 1.29 is 13.5 Å². The van der Waals surface area contributed by atoms with Gasteiger partial charge in [0.05, 0.1) is 11.9 Å². The van der Waals surface area contributed by atoms with Crippen LogP contribution in [-0.2, 0) is 10.0 Å². The van der Waals surface area contributed by atoms with Crippen LogP contribution in [0.1, 0.15) is 25.0 Å². The third-order valence-corrected chi connectivity index (χ3v) is 7.24. The van der Waals surface area contributed by atoms with Gasteiger partial charge in [-0.1, -0.05) is 66.7 Å². The van der Waals surface area contributed by atoms with Crippen LogP contribution in [0.3, 0.4) is 0 Å². The molecular formula is C25H33N3O3S. The Bertz CT molecular complexity index is 1080. The molecule has 0 bridgehead atoms. The van der Waals surface area contributed by atoms with Gasteiger partial charge in [0.1, 0.15) is 0 Å². The highest BCUT2D eigenvalue weighted by Crippen LogP contribution is 2.22. The van der Waals surface area contributed by atoms with Gasteiger partial charge >= 0.3 is 0 Å². The van der Waals surface area contributed by atoms with Crippen LogP contribution in [0.2, 0.25) is 0 Å². The van der Waals surface area contributed by atoms with E-state index >= 15 is 0 Å². The SMILES string of the molecule is CC(C(O)c1ccccc1)N(C)CCCS(=O)(=O)NCCNc1cccc2ccccc12. The average molecular weight is 456 g/mol. The summed E-state index contributed by atoms with van der Waals surface area (Å²) in [7, 11) is -1.44. The first-order valence-electron chi connectivity index (χ1n) is 11.0. The van der Waals surface area contributed by atoms with Gasteiger partial charge in [-0.2, -0.15) is 0 Å². The minimum atomic E-state index is -3.35. The molecule has 7 heteroatoms. The van der Waals surface area contributed by atoms with Crippen molar-refractivity contribution in [2.45, 2.75) is 25.5 Å². The second-order valence-electron chi connectivity index (χ2n) is 8.10. The van der Waals surface area contributed by atoms with Gasteiger partial charge in [0.25, 0.3) is 0 Å². The maximum absolute atomic E-state index is 12.4. The molecule has 32 heavy (non-hydrogen) atoms. The molecule has 0 amide bonds. The van der Waals surface area contributed by atoms with E-state index in [4.69, 9.17) is 0 Å². The van der Waals surface area contributed by atoms with Gasteiger partial charge in [0, 0.05) is 30.2 Å². The zero-order chi connectivity index (χ0) is 23.0. The molecule has 0 aromatic heterocycles. The lowest BCUT2D eigenvalue weighted by Gasteiger charge is -2.29. The van der Waals surface area contributed by atoms with E-state index in [9.17, 15) is 13.5 Å². The van der Waals surface area contributed by atoms with Gasteiger partial charge < -0.3 is 15.3 Å². The summed E-state index contributed by atoms with van der Waals surface area (Å²) in [5.74, 6) is 0.0553. The molecular weight excluding hydrogens is 422 g/mol. The molecule has 0 radical (unpaired) electrons. The van der Waals surface area contributed by atoms with Gasteiger partial charge in [0.2, 0.25) is 10.0 Å². The molecule has 0 heterocycles. The van der Waals surface area contributed by atoms with E-state index in [-0.39, 0.29) is 11.8 Å². The minimum Gasteiger partial charge on any atom is -0.387 e. The summed E-state index contributed by atoms with van der Waals surface area (Å²) in [5, 5.41) is 16.1. The third kappa shape index (κ3) is 6.77. The monoisotopic (exact) mass is 455 g/mol. The molecule has 0 aliphatic carbocycles. The molecule has 0 aliphatic rings. The first-order chi connectivity index (χ1) is 15.4. The Labute approximate surface area is 191 Å². The fourth-order valence-electron chi connectivity index (χ4n) is 3.73. The summed E-state index contributed by atoms with van der Waals surface area (Å²) in [6, 6.07) is 23.5. The number of hydrogen-bond acceptors (Lipinski definition) is 5. The van der Waals surface area contributed by atoms with Crippen molar-refractivity contribution in [2.75, 3.05) is 37.8 Å². The zero-order valence-corrected chi connectivity index (χ0v) is 19.6. The summed E-state index contributed by atoms with van der Waals surface area (Å²) in [6.45, 7) is 3.36. The first kappa shape index (κ1) is 24.2. The van der Waals surface area contributed by atoms with E-state index in [1.165, 1.54) is 0 Å². The number of nitrogens with one attached hydrogen (secondary N) is 2. The average Bonchev–Trinajstić information content (AvgIpc) is 2.81. The smallest absolute Gasteiger partial charge is 0.211 e. The van der Waals surface area contributed by atoms with Crippen LogP contribution in [-0.4, -0.2) is 56.9 Å². The summed E-state index contributed by atoms with van der Waals surface area (Å²) in [5.41, 5.74) is 1.86. The van der Waals surface area contributed by atoms with Crippen molar-refractivity contribution in [2.24, 2.45) is 0 Å². The molecule has 3 aromatic carbocycles. The van der Waals surface area contributed by atoms with E-state index in [2.05, 4.69) is 22.2 Å². The zero-order valence-electron chi connectivity index (χ0n) is 18.7. The number of hydrogen-bond donors (Lipinski definition) is 3. The number of anilines is 1. The number of fused-ring (bicyclic) bond motifs is 1. The second kappa shape index (κ2) is 11.4. The van der Waals surface area contributed by atoms with E-state index < -0.39 is 16.1 Å². The highest BCUT2D eigenvalue weighted by Gasteiger charge is 2.20. The molecule has 0 fully saturated rings. The number of benzene rings is 3. The van der Waals surface area contributed by atoms with Crippen LogP contribution < -0.4 is 10.0 Å². The van der Waals surface area contributed by atoms with E-state index in [1.54, 1.807) is 0 Å². The highest BCUT2D eigenvalue weighted by molar-refractivity contribution is 7.89. The van der Waals surface area contributed by atoms with Crippen molar-refractivity contribution in [3.63, 3.8) is 0 Å². The topological polar surface area (TPSA) is 81.7 Å². The standard InChI is InChI=1S/C25H33N3O3S/c1-20(25(29)22-11-4-3-5-12-22)28(2)18-9-19-32(30,31)27-17-16-26-24-15-8-13-21-10-6-7-14-23(21)24/h3-8,10-15,20,25-27,29H,9,16-19H2,1-2H3. The first-order valence-corrected chi connectivity index (χ1v) is 12.6. The maximum atomic E-state index is 12.4. The van der Waals surface area contributed by atoms with Crippen LogP contribution in [0, 0.1) is 0 Å². The van der Waals surface area contributed by atoms with Gasteiger partial charge in [-0.25, -0.2) is 13.1 Å². The van der Waals surface area contributed by atoms with Crippen molar-refractivity contribution in [1.82, 2.24) is 9.62 Å². The van der Waals surface area contributed by atoms with Crippen LogP contribution in [0.4, 0.5) is 5.69 Å². The second-order valence-corrected chi connectivity index (χ2v) is 10.0. The largest absolute Gasteiger partial charge is 0.387 e. The van der Waals surface area contributed by atoms with Crippen molar-refractivity contribution in [3.8, 4) is 0 Å². The van der Waals surface area contributed by atoms with Crippen LogP contribution in [0.25, 0.3) is 10.8 Å². The van der Waals surface area contributed by atoms with Crippen molar-refractivity contribution in [1.29, 1.82) is 0 Å². The summed E-state index contributed by atoms with van der Waals surface area (Å²) < 4.78 is 27.4. The van der Waals surface area contributed by atoms with E-state index in [0.29, 0.717) is 26.1 Å². The molecule has 2 unspecified atom stereocenters. The summed E-state index contributed by atoms with van der Waals surface area (Å²) >= 11 is 0. The summed E-state index contributed by atoms with van der Waals surface area (Å²) in [6.07, 6.45) is -0.120. The molecule has 6 nitrogen and oxygen atoms in total. The number of rotatable bonds is 12. The Morgan fingerprint density at radius 1 is 0.938 bits per heavy atom. The van der Waals surface area contributed by atoms with Crippen LogP contribution >= 0.6 is 0 Å². The molecule has 0 aliphatic heterocycles. The Morgan fingerprint density at radius 3 is 2.41 bits per heavy atom. The number of nitrogens with zero attached hydrogens (tertiary/aromatic N) is 1. The minimum absolute atomic E-state index is 0.0553. The molecule has 3 aromatic rings. The number of likely N-dealkylation sites (N-methyl/N-ethyl adjacent to an activating group) is 1. The van der Waals surface area contributed by atoms with Gasteiger partial charge in [-0.15, -0.1) is 0 Å². The molecule has 0 saturated heterocycles. The molecule has 172 valence electrons. The fourth-order valence-corrected chi connectivity index (χ4v) is 4.80. The lowest BCUT2D eigenvalue weighted by atomic mass is 10.0. The Kier molecular flexibility index (Phi) is 8.64. The third-order valence-electron chi connectivity index (χ3n) is 5.77. The normalized spacial score (nSPS) is 13.9. The highest BCUT2D eigenvalue weighted by atomic mass is 32.2. The molecule has 0 saturated carbocycles. The van der Waals surface area contributed by atoms with Crippen LogP contribution in [0.5, 0.6) is 0 Å². The quantitative estimate of drug-likeness (QED) is 0.364. The van der Waals surface area contributed by atoms with Crippen molar-refractivity contribution in [3.05, 3.63) is 78.4 Å². The van der Waals surface area contributed by atoms with Crippen molar-refractivity contribution >= 4 is 26.5 Å². The molecule has 3 rings (SSSR count). The van der Waals surface area contributed by atoms with Gasteiger partial charge in [0.15, 0.2) is 0 Å². The fraction of sp³-hybridized carbons (Fsp3) is 0.360. The van der Waals surface area contributed by atoms with Crippen LogP contribution in [0.15, 0.2) is 72.8 Å². The maximum Gasteiger partial charge on any atom is 0.211 e. The summed E-state index contributed by atoms with van der Waals surface area (Å²) in [4.78, 5) is 2.00. The lowest BCUT2D eigenvalue weighted by molar-refractivity contribution is 0.0728. The number of aliphatic hydroxyl groups excluding tert-OH is 1. The van der Waals surface area contributed by atoms with Gasteiger partial charge in [-0.05, 0) is 44.0 Å². The Balaban J connectivity index is 1.39. The number of sulfonamides is 1. The lowest BCUT2D eigenvalue weighted by Crippen LogP contribution is -2.37. The molecule has 2 atom stereocenters. The molecule has 3 N–H and O–H groups in total. The van der Waals surface area contributed by atoms with E-state index in [0.717, 1.165) is 22.0 Å². The predicted octanol–water partition coefficient (Wildman–Crippen LogP) is 3.62. The van der Waals surface area contributed by atoms with Gasteiger partial charge in [-0.3, -0.25) is 0 Å². The number of aliphatic hydroxyl groups is 1.